The number of hydrogen-bond acceptors (Lipinski definition) is 4. The molecule has 0 unspecified atom stereocenters. The number of benzene rings is 2. The minimum Gasteiger partial charge on any atom is -0.481 e. The van der Waals surface area contributed by atoms with E-state index in [0.717, 1.165) is 75.3 Å². The number of carbonyl (C=O) groups excluding carboxylic acids is 2. The largest absolute Gasteiger partial charge is 0.481 e. The molecule has 0 heterocycles. The summed E-state index contributed by atoms with van der Waals surface area (Å²) in [7, 11) is 0. The Bertz CT molecular complexity index is 1150. The lowest BCUT2D eigenvalue weighted by molar-refractivity contribution is -0.141. The highest BCUT2D eigenvalue weighted by Gasteiger charge is 2.35. The number of hydrogen-bond donors (Lipinski definition) is 6. The minimum atomic E-state index is -0.826. The molecule has 4 rings (SSSR count). The SMILES string of the molecule is O=C(O)CC1(CNC(=O)Nc2ccc(Cc3ccc(NC(=O)NCC4(CC(=O)O)CCCCC4)cc3)cc2)CCCCC1. The third kappa shape index (κ3) is 10.0. The molecule has 2 aliphatic rings. The van der Waals surface area contributed by atoms with Crippen molar-refractivity contribution in [1.29, 1.82) is 0 Å². The van der Waals surface area contributed by atoms with Crippen LogP contribution in [0.5, 0.6) is 0 Å². The summed E-state index contributed by atoms with van der Waals surface area (Å²) in [6.45, 7) is 0.697. The number of carbonyl (C=O) groups is 4. The van der Waals surface area contributed by atoms with Gasteiger partial charge in [0.2, 0.25) is 0 Å². The van der Waals surface area contributed by atoms with E-state index in [1.54, 1.807) is 0 Å². The summed E-state index contributed by atoms with van der Waals surface area (Å²) in [4.78, 5) is 47.8. The van der Waals surface area contributed by atoms with Crippen molar-refractivity contribution in [2.75, 3.05) is 23.7 Å². The maximum absolute atomic E-state index is 12.5. The van der Waals surface area contributed by atoms with Crippen molar-refractivity contribution >= 4 is 35.4 Å². The molecule has 0 atom stereocenters. The lowest BCUT2D eigenvalue weighted by atomic mass is 9.72. The molecular formula is C33H44N4O6. The molecule has 43 heavy (non-hydrogen) atoms. The van der Waals surface area contributed by atoms with Gasteiger partial charge in [-0.15, -0.1) is 0 Å². The third-order valence-electron chi connectivity index (χ3n) is 8.96. The molecule has 2 fully saturated rings. The van der Waals surface area contributed by atoms with Gasteiger partial charge in [-0.2, -0.15) is 0 Å². The Morgan fingerprint density at radius 2 is 0.907 bits per heavy atom. The molecule has 2 aromatic carbocycles. The maximum atomic E-state index is 12.5. The van der Waals surface area contributed by atoms with Gasteiger partial charge in [0.1, 0.15) is 0 Å². The highest BCUT2D eigenvalue weighted by Crippen LogP contribution is 2.39. The van der Waals surface area contributed by atoms with Crippen LogP contribution in [0.15, 0.2) is 48.5 Å². The first-order valence-corrected chi connectivity index (χ1v) is 15.4. The summed E-state index contributed by atoms with van der Waals surface area (Å²) < 4.78 is 0. The van der Waals surface area contributed by atoms with Gasteiger partial charge in [0.25, 0.3) is 0 Å². The van der Waals surface area contributed by atoms with Crippen molar-refractivity contribution in [3.63, 3.8) is 0 Å². The molecule has 10 nitrogen and oxygen atoms in total. The average Bonchev–Trinajstić information content (AvgIpc) is 2.97. The predicted octanol–water partition coefficient (Wildman–Crippen LogP) is 6.37. The lowest BCUT2D eigenvalue weighted by Gasteiger charge is -2.36. The van der Waals surface area contributed by atoms with Crippen molar-refractivity contribution in [3.8, 4) is 0 Å². The van der Waals surface area contributed by atoms with Crippen LogP contribution in [0.25, 0.3) is 0 Å². The molecule has 4 amide bonds. The number of carboxylic acid groups (broad SMARTS) is 2. The van der Waals surface area contributed by atoms with E-state index in [9.17, 15) is 29.4 Å². The Morgan fingerprint density at radius 1 is 0.558 bits per heavy atom. The number of aliphatic carboxylic acids is 2. The molecule has 6 N–H and O–H groups in total. The van der Waals surface area contributed by atoms with Crippen molar-refractivity contribution in [1.82, 2.24) is 10.6 Å². The maximum Gasteiger partial charge on any atom is 0.319 e. The highest BCUT2D eigenvalue weighted by atomic mass is 16.4. The number of urea groups is 2. The van der Waals surface area contributed by atoms with E-state index in [2.05, 4.69) is 21.3 Å². The zero-order chi connectivity index (χ0) is 30.7. The molecule has 232 valence electrons. The molecule has 0 radical (unpaired) electrons. The second-order valence-electron chi connectivity index (χ2n) is 12.4. The summed E-state index contributed by atoms with van der Waals surface area (Å²) in [6.07, 6.45) is 10.2. The van der Waals surface area contributed by atoms with Crippen LogP contribution in [0.4, 0.5) is 21.0 Å². The van der Waals surface area contributed by atoms with Crippen LogP contribution in [0.1, 0.15) is 88.2 Å². The first kappa shape index (κ1) is 31.8. The van der Waals surface area contributed by atoms with Crippen molar-refractivity contribution < 1.29 is 29.4 Å². The summed E-state index contributed by atoms with van der Waals surface area (Å²) in [5, 5.41) is 30.1. The van der Waals surface area contributed by atoms with Crippen LogP contribution in [-0.2, 0) is 16.0 Å². The van der Waals surface area contributed by atoms with Crippen molar-refractivity contribution in [3.05, 3.63) is 59.7 Å². The van der Waals surface area contributed by atoms with Gasteiger partial charge in [0, 0.05) is 24.5 Å². The summed E-state index contributed by atoms with van der Waals surface area (Å²) in [6, 6.07) is 14.5. The van der Waals surface area contributed by atoms with E-state index in [1.807, 2.05) is 48.5 Å². The molecule has 10 heteroatoms. The number of rotatable bonds is 12. The monoisotopic (exact) mass is 592 g/mol. The van der Waals surface area contributed by atoms with Crippen LogP contribution < -0.4 is 21.3 Å². The molecule has 2 aliphatic carbocycles. The normalized spacial score (nSPS) is 17.3. The third-order valence-corrected chi connectivity index (χ3v) is 8.96. The zero-order valence-corrected chi connectivity index (χ0v) is 24.8. The summed E-state index contributed by atoms with van der Waals surface area (Å²) in [5.41, 5.74) is 2.67. The Balaban J connectivity index is 1.22. The van der Waals surface area contributed by atoms with Gasteiger partial charge in [-0.3, -0.25) is 9.59 Å². The average molecular weight is 593 g/mol. The summed E-state index contributed by atoms with van der Waals surface area (Å²) >= 11 is 0. The van der Waals surface area contributed by atoms with E-state index in [1.165, 1.54) is 0 Å². The van der Waals surface area contributed by atoms with E-state index < -0.39 is 11.9 Å². The predicted molar refractivity (Wildman–Crippen MR) is 165 cm³/mol. The zero-order valence-electron chi connectivity index (χ0n) is 24.8. The van der Waals surface area contributed by atoms with Crippen LogP contribution in [0.3, 0.4) is 0 Å². The lowest BCUT2D eigenvalue weighted by Crippen LogP contribution is -2.42. The van der Waals surface area contributed by atoms with Crippen LogP contribution in [-0.4, -0.2) is 47.3 Å². The van der Waals surface area contributed by atoms with E-state index in [4.69, 9.17) is 0 Å². The van der Waals surface area contributed by atoms with Crippen molar-refractivity contribution in [2.45, 2.75) is 83.5 Å². The molecule has 2 aromatic rings. The van der Waals surface area contributed by atoms with Gasteiger partial charge in [-0.05, 0) is 78.3 Å². The molecule has 2 saturated carbocycles. The Morgan fingerprint density at radius 3 is 1.23 bits per heavy atom. The van der Waals surface area contributed by atoms with Crippen LogP contribution in [0.2, 0.25) is 0 Å². The quantitative estimate of drug-likeness (QED) is 0.168. The Kier molecular flexibility index (Phi) is 11.0. The summed E-state index contributed by atoms with van der Waals surface area (Å²) in [5.74, 6) is -1.65. The van der Waals surface area contributed by atoms with E-state index in [-0.39, 0.29) is 35.7 Å². The smallest absolute Gasteiger partial charge is 0.319 e. The van der Waals surface area contributed by atoms with Gasteiger partial charge in [0.15, 0.2) is 0 Å². The van der Waals surface area contributed by atoms with Crippen LogP contribution >= 0.6 is 0 Å². The fraction of sp³-hybridized carbons (Fsp3) is 0.515. The van der Waals surface area contributed by atoms with Crippen molar-refractivity contribution in [2.24, 2.45) is 10.8 Å². The minimum absolute atomic E-state index is 0.0709. The highest BCUT2D eigenvalue weighted by molar-refractivity contribution is 5.90. The number of anilines is 2. The van der Waals surface area contributed by atoms with Gasteiger partial charge >= 0.3 is 24.0 Å². The topological polar surface area (TPSA) is 157 Å². The molecule has 0 spiro atoms. The second-order valence-corrected chi connectivity index (χ2v) is 12.4. The van der Waals surface area contributed by atoms with E-state index >= 15 is 0 Å². The first-order valence-electron chi connectivity index (χ1n) is 15.4. The standard InChI is InChI=1S/C33H44N4O6/c38-28(39)20-32(15-3-1-4-16-32)22-34-30(42)36-26-11-7-24(8-12-26)19-25-9-13-27(14-10-25)37-31(43)35-23-33(21-29(40)41)17-5-2-6-18-33/h7-14H,1-6,15-23H2,(H,38,39)(H,40,41)(H2,34,36,42)(H2,35,37,43). The van der Waals surface area contributed by atoms with Crippen LogP contribution in [0, 0.1) is 10.8 Å². The number of nitrogens with one attached hydrogen (secondary N) is 4. The van der Waals surface area contributed by atoms with Gasteiger partial charge < -0.3 is 31.5 Å². The Hall–Kier alpha value is -4.08. The number of amides is 4. The molecule has 0 aromatic heterocycles. The fourth-order valence-corrected chi connectivity index (χ4v) is 6.61. The fourth-order valence-electron chi connectivity index (χ4n) is 6.61. The Labute approximate surface area is 253 Å². The van der Waals surface area contributed by atoms with E-state index in [0.29, 0.717) is 30.9 Å². The van der Waals surface area contributed by atoms with Gasteiger partial charge in [-0.1, -0.05) is 62.8 Å². The number of carboxylic acids is 2. The second kappa shape index (κ2) is 14.9. The van der Waals surface area contributed by atoms with Gasteiger partial charge in [-0.25, -0.2) is 9.59 Å². The molecule has 0 saturated heterocycles. The molecular weight excluding hydrogens is 548 g/mol. The molecule has 0 bridgehead atoms. The molecule has 0 aliphatic heterocycles. The first-order chi connectivity index (χ1) is 20.6. The van der Waals surface area contributed by atoms with Gasteiger partial charge in [0.05, 0.1) is 12.8 Å².